The summed E-state index contributed by atoms with van der Waals surface area (Å²) in [6.45, 7) is 0. The monoisotopic (exact) mass is 308 g/mol. The van der Waals surface area contributed by atoms with Crippen LogP contribution in [0.4, 0.5) is 0 Å². The van der Waals surface area contributed by atoms with Crippen LogP contribution in [0.1, 0.15) is 12.0 Å². The summed E-state index contributed by atoms with van der Waals surface area (Å²) in [6, 6.07) is 9.55. The first-order valence-corrected chi connectivity index (χ1v) is 7.89. The van der Waals surface area contributed by atoms with Gasteiger partial charge in [-0.1, -0.05) is 42.1 Å². The van der Waals surface area contributed by atoms with Gasteiger partial charge in [-0.2, -0.15) is 4.37 Å². The van der Waals surface area contributed by atoms with Gasteiger partial charge < -0.3 is 11.1 Å². The molecule has 0 aliphatic carbocycles. The van der Waals surface area contributed by atoms with Crippen molar-refractivity contribution < 1.29 is 4.79 Å². The summed E-state index contributed by atoms with van der Waals surface area (Å²) in [5.41, 5.74) is 5.67. The van der Waals surface area contributed by atoms with Crippen molar-refractivity contribution in [3.05, 3.63) is 42.2 Å². The summed E-state index contributed by atoms with van der Waals surface area (Å²) < 4.78 is 4.85. The molecule has 106 valence electrons. The zero-order chi connectivity index (χ0) is 14.4. The minimum Gasteiger partial charge on any atom is -0.368 e. The van der Waals surface area contributed by atoms with E-state index in [-0.39, 0.29) is 5.91 Å². The number of primary amides is 1. The molecule has 5 nitrogen and oxygen atoms in total. The van der Waals surface area contributed by atoms with E-state index in [2.05, 4.69) is 14.7 Å². The Morgan fingerprint density at radius 3 is 2.75 bits per heavy atom. The first-order chi connectivity index (χ1) is 9.69. The summed E-state index contributed by atoms with van der Waals surface area (Å²) in [4.78, 5) is 16.1. The molecule has 0 bridgehead atoms. The predicted molar refractivity (Wildman–Crippen MR) is 81.6 cm³/mol. The number of hydrogen-bond acceptors (Lipinski definition) is 6. The Labute approximate surface area is 126 Å². The van der Waals surface area contributed by atoms with Crippen LogP contribution in [0.25, 0.3) is 0 Å². The van der Waals surface area contributed by atoms with E-state index in [4.69, 9.17) is 5.73 Å². The average molecular weight is 308 g/mol. The third-order valence-electron chi connectivity index (χ3n) is 3.16. The normalized spacial score (nSPS) is 13.8. The smallest absolute Gasteiger partial charge is 0.242 e. The van der Waals surface area contributed by atoms with Gasteiger partial charge in [0, 0.05) is 5.75 Å². The highest BCUT2D eigenvalue weighted by Crippen LogP contribution is 2.29. The summed E-state index contributed by atoms with van der Waals surface area (Å²) >= 11 is 2.93. The molecule has 1 aromatic carbocycles. The maximum atomic E-state index is 12.0. The fourth-order valence-corrected chi connectivity index (χ4v) is 3.62. The van der Waals surface area contributed by atoms with Crippen molar-refractivity contribution in [2.45, 2.75) is 16.3 Å². The molecule has 0 spiro atoms. The lowest BCUT2D eigenvalue weighted by atomic mass is 9.86. The Morgan fingerprint density at radius 1 is 1.45 bits per heavy atom. The molecule has 0 saturated heterocycles. The second-order valence-electron chi connectivity index (χ2n) is 4.19. The molecule has 0 fully saturated rings. The highest BCUT2D eigenvalue weighted by molar-refractivity contribution is 8.00. The van der Waals surface area contributed by atoms with Crippen molar-refractivity contribution in [3.8, 4) is 0 Å². The lowest BCUT2D eigenvalue weighted by Crippen LogP contribution is -2.51. The van der Waals surface area contributed by atoms with Crippen LogP contribution in [0.15, 0.2) is 41.0 Å². The Morgan fingerprint density at radius 2 is 2.20 bits per heavy atom. The van der Waals surface area contributed by atoms with Gasteiger partial charge in [0.15, 0.2) is 4.34 Å². The number of rotatable bonds is 7. The van der Waals surface area contributed by atoms with Crippen molar-refractivity contribution in [3.63, 3.8) is 0 Å². The summed E-state index contributed by atoms with van der Waals surface area (Å²) in [5.74, 6) is 0.359. The van der Waals surface area contributed by atoms with Gasteiger partial charge in [0.2, 0.25) is 5.91 Å². The summed E-state index contributed by atoms with van der Waals surface area (Å²) in [5, 5.41) is 3.09. The third-order valence-corrected chi connectivity index (χ3v) is 4.96. The largest absolute Gasteiger partial charge is 0.368 e. The van der Waals surface area contributed by atoms with Crippen LogP contribution in [0, 0.1) is 0 Å². The Bertz CT molecular complexity index is 547. The van der Waals surface area contributed by atoms with Crippen LogP contribution in [-0.2, 0) is 10.3 Å². The molecule has 1 amide bonds. The standard InChI is InChI=1S/C13H16N4OS2/c1-15-13(11(14)18,10-5-3-2-4-6-10)7-8-19-12-16-9-17-20-12/h2-6,9,15H,7-8H2,1H3,(H2,14,18). The maximum absolute atomic E-state index is 12.0. The average Bonchev–Trinajstić information content (AvgIpc) is 2.97. The SMILES string of the molecule is CNC(CCSc1ncns1)(C(N)=O)c1ccccc1. The van der Waals surface area contributed by atoms with E-state index in [0.717, 1.165) is 15.7 Å². The highest BCUT2D eigenvalue weighted by Gasteiger charge is 2.36. The number of carbonyl (C=O) groups is 1. The van der Waals surface area contributed by atoms with Crippen molar-refractivity contribution in [2.75, 3.05) is 12.8 Å². The van der Waals surface area contributed by atoms with Crippen LogP contribution in [0.3, 0.4) is 0 Å². The van der Waals surface area contributed by atoms with Crippen LogP contribution >= 0.6 is 23.3 Å². The molecule has 0 saturated carbocycles. The molecule has 0 aliphatic heterocycles. The van der Waals surface area contributed by atoms with Gasteiger partial charge in [-0.15, -0.1) is 0 Å². The quantitative estimate of drug-likeness (QED) is 0.760. The van der Waals surface area contributed by atoms with Crippen molar-refractivity contribution in [2.24, 2.45) is 5.73 Å². The van der Waals surface area contributed by atoms with E-state index in [9.17, 15) is 4.79 Å². The number of thioether (sulfide) groups is 1. The molecule has 1 atom stereocenters. The molecule has 2 aromatic rings. The summed E-state index contributed by atoms with van der Waals surface area (Å²) in [6.07, 6.45) is 2.12. The zero-order valence-corrected chi connectivity index (χ0v) is 12.7. The van der Waals surface area contributed by atoms with E-state index < -0.39 is 5.54 Å². The lowest BCUT2D eigenvalue weighted by molar-refractivity contribution is -0.124. The van der Waals surface area contributed by atoms with Crippen LogP contribution in [-0.4, -0.2) is 28.1 Å². The minimum atomic E-state index is -0.848. The molecule has 2 rings (SSSR count). The molecule has 1 unspecified atom stereocenters. The number of carbonyl (C=O) groups excluding carboxylic acids is 1. The van der Waals surface area contributed by atoms with Crippen LogP contribution in [0.5, 0.6) is 0 Å². The molecule has 1 heterocycles. The minimum absolute atomic E-state index is 0.371. The molecular formula is C13H16N4OS2. The van der Waals surface area contributed by atoms with E-state index in [1.165, 1.54) is 17.9 Å². The van der Waals surface area contributed by atoms with Gasteiger partial charge in [-0.05, 0) is 30.6 Å². The van der Waals surface area contributed by atoms with Gasteiger partial charge in [-0.3, -0.25) is 4.79 Å². The van der Waals surface area contributed by atoms with Gasteiger partial charge in [-0.25, -0.2) is 4.98 Å². The first kappa shape index (κ1) is 15.0. The third kappa shape index (κ3) is 3.17. The zero-order valence-electron chi connectivity index (χ0n) is 11.1. The number of hydrogen-bond donors (Lipinski definition) is 2. The van der Waals surface area contributed by atoms with Crippen molar-refractivity contribution in [1.29, 1.82) is 0 Å². The topological polar surface area (TPSA) is 80.9 Å². The number of benzene rings is 1. The highest BCUT2D eigenvalue weighted by atomic mass is 32.2. The molecule has 20 heavy (non-hydrogen) atoms. The molecule has 0 aliphatic rings. The second kappa shape index (κ2) is 6.83. The van der Waals surface area contributed by atoms with Crippen LogP contribution in [0.2, 0.25) is 0 Å². The van der Waals surface area contributed by atoms with Crippen molar-refractivity contribution in [1.82, 2.24) is 14.7 Å². The lowest BCUT2D eigenvalue weighted by Gasteiger charge is -2.30. The second-order valence-corrected chi connectivity index (χ2v) is 6.31. The number of nitrogens with one attached hydrogen (secondary N) is 1. The Balaban J connectivity index is 2.13. The van der Waals surface area contributed by atoms with Gasteiger partial charge >= 0.3 is 0 Å². The first-order valence-electron chi connectivity index (χ1n) is 6.13. The fraction of sp³-hybridized carbons (Fsp3) is 0.308. The summed E-state index contributed by atoms with van der Waals surface area (Å²) in [7, 11) is 1.76. The molecular weight excluding hydrogens is 292 g/mol. The Kier molecular flexibility index (Phi) is 5.11. The number of nitrogens with zero attached hydrogens (tertiary/aromatic N) is 2. The molecule has 7 heteroatoms. The Hall–Kier alpha value is -1.44. The van der Waals surface area contributed by atoms with E-state index in [0.29, 0.717) is 6.42 Å². The van der Waals surface area contributed by atoms with E-state index in [1.807, 2.05) is 30.3 Å². The number of nitrogens with two attached hydrogens (primary N) is 1. The maximum Gasteiger partial charge on any atom is 0.242 e. The number of amides is 1. The van der Waals surface area contributed by atoms with Gasteiger partial charge in [0.25, 0.3) is 0 Å². The van der Waals surface area contributed by atoms with Crippen LogP contribution < -0.4 is 11.1 Å². The number of likely N-dealkylation sites (N-methyl/N-ethyl adjacent to an activating group) is 1. The molecule has 0 radical (unpaired) electrons. The fourth-order valence-electron chi connectivity index (χ4n) is 2.04. The van der Waals surface area contributed by atoms with Crippen molar-refractivity contribution >= 4 is 29.2 Å². The number of aromatic nitrogens is 2. The van der Waals surface area contributed by atoms with E-state index >= 15 is 0 Å². The predicted octanol–water partition coefficient (Wildman–Crippen LogP) is 1.62. The van der Waals surface area contributed by atoms with E-state index in [1.54, 1.807) is 18.8 Å². The van der Waals surface area contributed by atoms with Gasteiger partial charge in [0.05, 0.1) is 0 Å². The molecule has 1 aromatic heterocycles. The van der Waals surface area contributed by atoms with Gasteiger partial charge in [0.1, 0.15) is 11.9 Å². The molecule has 3 N–H and O–H groups in total.